The van der Waals surface area contributed by atoms with Gasteiger partial charge in [-0.15, -0.1) is 0 Å². The number of aliphatic hydroxyl groups excluding tert-OH is 1. The zero-order valence-corrected chi connectivity index (χ0v) is 18.5. The molecule has 0 aliphatic carbocycles. The molecule has 1 aliphatic heterocycles. The van der Waals surface area contributed by atoms with Crippen molar-refractivity contribution in [1.29, 1.82) is 0 Å². The maximum absolute atomic E-state index is 13.1. The lowest BCUT2D eigenvalue weighted by molar-refractivity contribution is -0.137. The number of aliphatic carboxylic acids is 1. The number of benzene rings is 2. The molecule has 1 amide bonds. The fourth-order valence-corrected chi connectivity index (χ4v) is 3.90. The number of halogens is 1. The standard InChI is InChI=1S/C26H30FNO5/c27-20-9-13-22(14-10-20)33-23-7-5-6-19(18-23)24(29)15-11-21-12-16-25(30)28(21)17-4-2-1-3-8-26(31)32/h5-7,9-11,13-15,18,21,24,29H,1-4,8,12,16-17H2,(H,31,32)/b15-11+/t21-,24?/m0/s1. The number of hydrogen-bond donors (Lipinski definition) is 2. The van der Waals surface area contributed by atoms with Gasteiger partial charge in [-0.1, -0.05) is 37.1 Å². The molecule has 1 unspecified atom stereocenters. The van der Waals surface area contributed by atoms with Gasteiger partial charge in [0.25, 0.3) is 0 Å². The molecule has 1 heterocycles. The maximum atomic E-state index is 13.1. The fraction of sp³-hybridized carbons (Fsp3) is 0.385. The Labute approximate surface area is 193 Å². The van der Waals surface area contributed by atoms with Crippen molar-refractivity contribution < 1.29 is 28.9 Å². The second-order valence-corrected chi connectivity index (χ2v) is 8.21. The summed E-state index contributed by atoms with van der Waals surface area (Å²) in [4.78, 5) is 24.7. The minimum atomic E-state index is -0.852. The van der Waals surface area contributed by atoms with Crippen LogP contribution in [0.5, 0.6) is 11.5 Å². The van der Waals surface area contributed by atoms with E-state index in [1.807, 2.05) is 11.0 Å². The van der Waals surface area contributed by atoms with Gasteiger partial charge in [-0.2, -0.15) is 0 Å². The summed E-state index contributed by atoms with van der Waals surface area (Å²) in [6.07, 6.45) is 7.33. The predicted octanol–water partition coefficient (Wildman–Crippen LogP) is 5.23. The average Bonchev–Trinajstić information content (AvgIpc) is 3.15. The molecule has 2 atom stereocenters. The summed E-state index contributed by atoms with van der Waals surface area (Å²) in [5, 5.41) is 19.3. The second-order valence-electron chi connectivity index (χ2n) is 8.21. The summed E-state index contributed by atoms with van der Waals surface area (Å²) < 4.78 is 18.8. The van der Waals surface area contributed by atoms with Crippen LogP contribution in [0.25, 0.3) is 0 Å². The van der Waals surface area contributed by atoms with E-state index in [2.05, 4.69) is 0 Å². The largest absolute Gasteiger partial charge is 0.481 e. The van der Waals surface area contributed by atoms with Gasteiger partial charge in [0.1, 0.15) is 17.3 Å². The number of aliphatic hydroxyl groups is 1. The van der Waals surface area contributed by atoms with Crippen LogP contribution in [0.1, 0.15) is 56.6 Å². The van der Waals surface area contributed by atoms with Gasteiger partial charge in [0, 0.05) is 19.4 Å². The third-order valence-corrected chi connectivity index (χ3v) is 5.68. The van der Waals surface area contributed by atoms with E-state index in [9.17, 15) is 19.1 Å². The normalized spacial score (nSPS) is 17.0. The van der Waals surface area contributed by atoms with E-state index < -0.39 is 12.1 Å². The molecule has 0 aromatic heterocycles. The van der Waals surface area contributed by atoms with Crippen molar-refractivity contribution in [3.8, 4) is 11.5 Å². The van der Waals surface area contributed by atoms with Gasteiger partial charge < -0.3 is 19.8 Å². The Morgan fingerprint density at radius 2 is 1.88 bits per heavy atom. The maximum Gasteiger partial charge on any atom is 0.303 e. The van der Waals surface area contributed by atoms with Gasteiger partial charge >= 0.3 is 5.97 Å². The van der Waals surface area contributed by atoms with Crippen LogP contribution >= 0.6 is 0 Å². The van der Waals surface area contributed by atoms with Crippen molar-refractivity contribution in [1.82, 2.24) is 4.90 Å². The minimum absolute atomic E-state index is 0.0511. The van der Waals surface area contributed by atoms with Crippen LogP contribution in [-0.2, 0) is 9.59 Å². The number of rotatable bonds is 12. The lowest BCUT2D eigenvalue weighted by atomic mass is 10.1. The molecule has 7 heteroatoms. The summed E-state index contributed by atoms with van der Waals surface area (Å²) in [5.74, 6) is 0.0310. The van der Waals surface area contributed by atoms with Crippen molar-refractivity contribution in [2.45, 2.75) is 57.1 Å². The molecule has 3 rings (SSSR count). The highest BCUT2D eigenvalue weighted by Gasteiger charge is 2.28. The number of carboxylic acid groups (broad SMARTS) is 1. The van der Waals surface area contributed by atoms with Crippen LogP contribution in [0.3, 0.4) is 0 Å². The van der Waals surface area contributed by atoms with Crippen LogP contribution in [0.4, 0.5) is 4.39 Å². The molecule has 0 radical (unpaired) electrons. The van der Waals surface area contributed by atoms with E-state index in [-0.39, 0.29) is 24.2 Å². The zero-order valence-electron chi connectivity index (χ0n) is 18.5. The Kier molecular flexibility index (Phi) is 9.01. The number of likely N-dealkylation sites (tertiary alicyclic amines) is 1. The number of carbonyl (C=O) groups is 2. The first-order valence-corrected chi connectivity index (χ1v) is 11.3. The number of carboxylic acids is 1. The monoisotopic (exact) mass is 455 g/mol. The molecule has 0 saturated carbocycles. The molecule has 2 N–H and O–H groups in total. The summed E-state index contributed by atoms with van der Waals surface area (Å²) in [6.45, 7) is 0.637. The van der Waals surface area contributed by atoms with Crippen molar-refractivity contribution in [2.24, 2.45) is 0 Å². The lowest BCUT2D eigenvalue weighted by Gasteiger charge is -2.22. The Balaban J connectivity index is 1.53. The van der Waals surface area contributed by atoms with Crippen molar-refractivity contribution >= 4 is 11.9 Å². The Morgan fingerprint density at radius 3 is 2.64 bits per heavy atom. The third kappa shape index (κ3) is 7.71. The van der Waals surface area contributed by atoms with Crippen LogP contribution in [-0.4, -0.2) is 39.6 Å². The molecular formula is C26H30FNO5. The van der Waals surface area contributed by atoms with E-state index in [4.69, 9.17) is 9.84 Å². The van der Waals surface area contributed by atoms with Gasteiger partial charge in [0.15, 0.2) is 0 Å². The molecule has 33 heavy (non-hydrogen) atoms. The van der Waals surface area contributed by atoms with E-state index >= 15 is 0 Å². The van der Waals surface area contributed by atoms with Crippen LogP contribution in [0.2, 0.25) is 0 Å². The Morgan fingerprint density at radius 1 is 1.12 bits per heavy atom. The molecule has 1 saturated heterocycles. The summed E-state index contributed by atoms with van der Waals surface area (Å²) in [7, 11) is 0. The van der Waals surface area contributed by atoms with Crippen molar-refractivity contribution in [3.05, 3.63) is 72.1 Å². The van der Waals surface area contributed by atoms with E-state index in [0.29, 0.717) is 36.4 Å². The minimum Gasteiger partial charge on any atom is -0.481 e. The highest BCUT2D eigenvalue weighted by atomic mass is 19.1. The first-order chi connectivity index (χ1) is 15.9. The zero-order chi connectivity index (χ0) is 23.6. The molecule has 1 fully saturated rings. The summed E-state index contributed by atoms with van der Waals surface area (Å²) >= 11 is 0. The molecule has 2 aromatic rings. The molecule has 2 aromatic carbocycles. The van der Waals surface area contributed by atoms with Crippen LogP contribution < -0.4 is 4.74 Å². The average molecular weight is 456 g/mol. The SMILES string of the molecule is O=C(O)CCCCCCN1C(=O)CC[C@@H]1/C=C/C(O)c1cccc(Oc2ccc(F)cc2)c1. The number of amides is 1. The summed E-state index contributed by atoms with van der Waals surface area (Å²) in [5.41, 5.74) is 0.653. The van der Waals surface area contributed by atoms with E-state index in [0.717, 1.165) is 25.7 Å². The third-order valence-electron chi connectivity index (χ3n) is 5.68. The van der Waals surface area contributed by atoms with E-state index in [1.165, 1.54) is 24.3 Å². The predicted molar refractivity (Wildman–Crippen MR) is 122 cm³/mol. The van der Waals surface area contributed by atoms with Gasteiger partial charge in [0.05, 0.1) is 12.1 Å². The van der Waals surface area contributed by atoms with Gasteiger partial charge in [-0.3, -0.25) is 9.59 Å². The van der Waals surface area contributed by atoms with Gasteiger partial charge in [-0.05, 0) is 61.2 Å². The van der Waals surface area contributed by atoms with Crippen LogP contribution in [0, 0.1) is 5.82 Å². The first-order valence-electron chi connectivity index (χ1n) is 11.3. The number of unbranched alkanes of at least 4 members (excludes halogenated alkanes) is 3. The lowest BCUT2D eigenvalue weighted by Crippen LogP contribution is -2.32. The van der Waals surface area contributed by atoms with Crippen LogP contribution in [0.15, 0.2) is 60.7 Å². The molecule has 0 bridgehead atoms. The first kappa shape index (κ1) is 24.5. The number of hydrogen-bond acceptors (Lipinski definition) is 4. The van der Waals surface area contributed by atoms with Crippen molar-refractivity contribution in [2.75, 3.05) is 6.54 Å². The highest BCUT2D eigenvalue weighted by molar-refractivity contribution is 5.79. The van der Waals surface area contributed by atoms with Gasteiger partial charge in [0.2, 0.25) is 5.91 Å². The molecule has 1 aliphatic rings. The number of ether oxygens (including phenoxy) is 1. The fourth-order valence-electron chi connectivity index (χ4n) is 3.90. The second kappa shape index (κ2) is 12.2. The molecule has 0 spiro atoms. The Bertz CT molecular complexity index is 959. The number of nitrogens with zero attached hydrogens (tertiary/aromatic N) is 1. The topological polar surface area (TPSA) is 87.1 Å². The molecule has 6 nitrogen and oxygen atoms in total. The van der Waals surface area contributed by atoms with E-state index in [1.54, 1.807) is 30.3 Å². The molecule has 176 valence electrons. The Hall–Kier alpha value is -3.19. The highest BCUT2D eigenvalue weighted by Crippen LogP contribution is 2.27. The summed E-state index contributed by atoms with van der Waals surface area (Å²) in [6, 6.07) is 12.7. The smallest absolute Gasteiger partial charge is 0.303 e. The molecular weight excluding hydrogens is 425 g/mol. The number of carbonyl (C=O) groups excluding carboxylic acids is 1. The van der Waals surface area contributed by atoms with Gasteiger partial charge in [-0.25, -0.2) is 4.39 Å². The van der Waals surface area contributed by atoms with Crippen molar-refractivity contribution in [3.63, 3.8) is 0 Å². The quantitative estimate of drug-likeness (QED) is 0.338.